The zero-order chi connectivity index (χ0) is 13.1. The first-order chi connectivity index (χ1) is 8.84. The minimum atomic E-state index is 0.338. The number of para-hydroxylation sites is 1. The van der Waals surface area contributed by atoms with Gasteiger partial charge in [0.2, 0.25) is 0 Å². The Labute approximate surface area is 111 Å². The highest BCUT2D eigenvalue weighted by atomic mass is 16.5. The fourth-order valence-corrected chi connectivity index (χ4v) is 2.00. The van der Waals surface area contributed by atoms with Crippen LogP contribution in [0, 0.1) is 6.92 Å². The molecule has 1 N–H and O–H groups in total. The van der Waals surface area contributed by atoms with E-state index in [0.29, 0.717) is 6.61 Å². The molecule has 0 atom stereocenters. The molecule has 2 heteroatoms. The van der Waals surface area contributed by atoms with Gasteiger partial charge in [0.05, 0.1) is 6.61 Å². The molecule has 0 spiro atoms. The highest BCUT2D eigenvalue weighted by Crippen LogP contribution is 2.16. The third-order valence-electron chi connectivity index (χ3n) is 3.15. The summed E-state index contributed by atoms with van der Waals surface area (Å²) in [4.78, 5) is 0. The number of ether oxygens (including phenoxy) is 1. The number of aryl methyl sites for hydroxylation is 1. The van der Waals surface area contributed by atoms with Gasteiger partial charge in [-0.3, -0.25) is 0 Å². The average molecular weight is 250 g/mol. The van der Waals surface area contributed by atoms with Crippen LogP contribution in [0.3, 0.4) is 0 Å². The van der Waals surface area contributed by atoms with Crippen LogP contribution in [0.2, 0.25) is 0 Å². The molecule has 0 aliphatic rings. The van der Waals surface area contributed by atoms with Crippen molar-refractivity contribution in [1.29, 1.82) is 0 Å². The second-order valence-electron chi connectivity index (χ2n) is 4.81. The summed E-state index contributed by atoms with van der Waals surface area (Å²) < 4.78 is 5.75. The lowest BCUT2D eigenvalue weighted by Gasteiger charge is -2.08. The Morgan fingerprint density at radius 3 is 2.17 bits per heavy atom. The number of rotatable bonds is 10. The van der Waals surface area contributed by atoms with Crippen LogP contribution in [0.4, 0.5) is 0 Å². The van der Waals surface area contributed by atoms with E-state index in [1.54, 1.807) is 0 Å². The monoisotopic (exact) mass is 250 g/mol. The molecule has 0 amide bonds. The van der Waals surface area contributed by atoms with Crippen LogP contribution >= 0.6 is 0 Å². The molecule has 0 heterocycles. The minimum absolute atomic E-state index is 0.338. The van der Waals surface area contributed by atoms with Crippen LogP contribution < -0.4 is 4.74 Å². The molecule has 0 radical (unpaired) electrons. The lowest BCUT2D eigenvalue weighted by molar-refractivity contribution is 0.281. The summed E-state index contributed by atoms with van der Waals surface area (Å²) in [6, 6.07) is 8.17. The topological polar surface area (TPSA) is 29.5 Å². The molecule has 0 bridgehead atoms. The van der Waals surface area contributed by atoms with E-state index in [-0.39, 0.29) is 0 Å². The van der Waals surface area contributed by atoms with Crippen LogP contribution in [-0.4, -0.2) is 18.3 Å². The maximum absolute atomic E-state index is 8.65. The molecule has 1 aromatic carbocycles. The van der Waals surface area contributed by atoms with E-state index >= 15 is 0 Å². The quantitative estimate of drug-likeness (QED) is 0.634. The molecular formula is C16H26O2. The number of hydrogen-bond donors (Lipinski definition) is 1. The van der Waals surface area contributed by atoms with E-state index in [1.165, 1.54) is 31.2 Å². The molecule has 0 fully saturated rings. The highest BCUT2D eigenvalue weighted by Gasteiger charge is 1.97. The Balaban J connectivity index is 1.94. The van der Waals surface area contributed by atoms with Gasteiger partial charge in [0.15, 0.2) is 0 Å². The summed E-state index contributed by atoms with van der Waals surface area (Å²) in [6.45, 7) is 3.24. The van der Waals surface area contributed by atoms with E-state index in [4.69, 9.17) is 9.84 Å². The predicted molar refractivity (Wildman–Crippen MR) is 76.1 cm³/mol. The second-order valence-corrected chi connectivity index (χ2v) is 4.81. The number of hydrogen-bond acceptors (Lipinski definition) is 2. The third-order valence-corrected chi connectivity index (χ3v) is 3.15. The van der Waals surface area contributed by atoms with Crippen LogP contribution in [-0.2, 0) is 0 Å². The Bertz CT molecular complexity index is 310. The van der Waals surface area contributed by atoms with Gasteiger partial charge < -0.3 is 9.84 Å². The molecule has 0 aliphatic carbocycles. The van der Waals surface area contributed by atoms with Crippen molar-refractivity contribution < 1.29 is 9.84 Å². The van der Waals surface area contributed by atoms with Crippen LogP contribution in [0.25, 0.3) is 0 Å². The lowest BCUT2D eigenvalue weighted by Crippen LogP contribution is -1.98. The summed E-state index contributed by atoms with van der Waals surface area (Å²) in [5.41, 5.74) is 1.21. The first kappa shape index (κ1) is 15.0. The molecule has 2 nitrogen and oxygen atoms in total. The summed E-state index contributed by atoms with van der Waals surface area (Å²) in [7, 11) is 0. The van der Waals surface area contributed by atoms with Crippen molar-refractivity contribution in [2.24, 2.45) is 0 Å². The fourth-order valence-electron chi connectivity index (χ4n) is 2.00. The van der Waals surface area contributed by atoms with E-state index in [2.05, 4.69) is 13.0 Å². The molecule has 18 heavy (non-hydrogen) atoms. The van der Waals surface area contributed by atoms with Gasteiger partial charge in [-0.2, -0.15) is 0 Å². The van der Waals surface area contributed by atoms with Crippen LogP contribution in [0.15, 0.2) is 24.3 Å². The van der Waals surface area contributed by atoms with Gasteiger partial charge in [0.25, 0.3) is 0 Å². The first-order valence-corrected chi connectivity index (χ1v) is 7.14. The Kier molecular flexibility index (Phi) is 8.32. The molecule has 0 unspecified atom stereocenters. The largest absolute Gasteiger partial charge is 0.493 e. The van der Waals surface area contributed by atoms with Gasteiger partial charge in [-0.05, 0) is 31.4 Å². The lowest BCUT2D eigenvalue weighted by atomic mass is 10.1. The van der Waals surface area contributed by atoms with E-state index in [9.17, 15) is 0 Å². The van der Waals surface area contributed by atoms with Crippen molar-refractivity contribution >= 4 is 0 Å². The van der Waals surface area contributed by atoms with Crippen molar-refractivity contribution in [3.8, 4) is 5.75 Å². The van der Waals surface area contributed by atoms with Gasteiger partial charge in [-0.15, -0.1) is 0 Å². The minimum Gasteiger partial charge on any atom is -0.493 e. The van der Waals surface area contributed by atoms with Crippen molar-refractivity contribution in [2.75, 3.05) is 13.2 Å². The van der Waals surface area contributed by atoms with E-state index < -0.39 is 0 Å². The van der Waals surface area contributed by atoms with E-state index in [1.807, 2.05) is 18.2 Å². The van der Waals surface area contributed by atoms with Crippen molar-refractivity contribution in [3.63, 3.8) is 0 Å². The highest BCUT2D eigenvalue weighted by molar-refractivity contribution is 5.31. The van der Waals surface area contributed by atoms with Crippen LogP contribution in [0.1, 0.15) is 50.5 Å². The standard InChI is InChI=1S/C16H26O2/c1-15-11-7-8-12-16(15)18-14-10-6-4-2-3-5-9-13-17/h7-8,11-12,17H,2-6,9-10,13-14H2,1H3. The normalized spacial score (nSPS) is 10.6. The van der Waals surface area contributed by atoms with Gasteiger partial charge in [-0.1, -0.05) is 50.3 Å². The maximum Gasteiger partial charge on any atom is 0.122 e. The number of benzene rings is 1. The molecule has 0 aromatic heterocycles. The third kappa shape index (κ3) is 6.65. The summed E-state index contributed by atoms with van der Waals surface area (Å²) in [5, 5.41) is 8.65. The molecular weight excluding hydrogens is 224 g/mol. The smallest absolute Gasteiger partial charge is 0.122 e. The zero-order valence-electron chi connectivity index (χ0n) is 11.5. The maximum atomic E-state index is 8.65. The number of aliphatic hydroxyl groups excluding tert-OH is 1. The second kappa shape index (κ2) is 9.95. The first-order valence-electron chi connectivity index (χ1n) is 7.14. The van der Waals surface area contributed by atoms with Gasteiger partial charge in [0.1, 0.15) is 5.75 Å². The van der Waals surface area contributed by atoms with Crippen LogP contribution in [0.5, 0.6) is 5.75 Å². The zero-order valence-corrected chi connectivity index (χ0v) is 11.5. The molecule has 1 aromatic rings. The van der Waals surface area contributed by atoms with Crippen molar-refractivity contribution in [3.05, 3.63) is 29.8 Å². The number of unbranched alkanes of at least 4 members (excludes halogenated alkanes) is 6. The molecule has 102 valence electrons. The van der Waals surface area contributed by atoms with Crippen molar-refractivity contribution in [1.82, 2.24) is 0 Å². The SMILES string of the molecule is Cc1ccccc1OCCCCCCCCCO. The Morgan fingerprint density at radius 1 is 0.889 bits per heavy atom. The molecule has 0 saturated carbocycles. The molecule has 1 rings (SSSR count). The van der Waals surface area contributed by atoms with Gasteiger partial charge in [-0.25, -0.2) is 0 Å². The average Bonchev–Trinajstić information content (AvgIpc) is 2.39. The Morgan fingerprint density at radius 2 is 1.50 bits per heavy atom. The molecule has 0 saturated heterocycles. The summed E-state index contributed by atoms with van der Waals surface area (Å²) in [5.74, 6) is 1.01. The van der Waals surface area contributed by atoms with Gasteiger partial charge >= 0.3 is 0 Å². The van der Waals surface area contributed by atoms with E-state index in [0.717, 1.165) is 31.6 Å². The molecule has 0 aliphatic heterocycles. The summed E-state index contributed by atoms with van der Waals surface area (Å²) in [6.07, 6.45) is 8.30. The Hall–Kier alpha value is -1.02. The van der Waals surface area contributed by atoms with Crippen molar-refractivity contribution in [2.45, 2.75) is 51.9 Å². The summed E-state index contributed by atoms with van der Waals surface area (Å²) >= 11 is 0. The number of aliphatic hydroxyl groups is 1. The predicted octanol–water partition coefficient (Wildman–Crippen LogP) is 4.10. The fraction of sp³-hybridized carbons (Fsp3) is 0.625. The van der Waals surface area contributed by atoms with Gasteiger partial charge in [0, 0.05) is 6.61 Å².